The van der Waals surface area contributed by atoms with E-state index in [1.807, 2.05) is 49.4 Å². The number of aromatic nitrogens is 1. The van der Waals surface area contributed by atoms with Gasteiger partial charge in [0, 0.05) is 11.3 Å². The maximum Gasteiger partial charge on any atom is 0.255 e. The number of carbonyl (C=O) groups is 1. The molecular formula is C21H16N2O2S. The second kappa shape index (κ2) is 6.61. The molecule has 4 aromatic rings. The second-order valence-electron chi connectivity index (χ2n) is 6.04. The minimum absolute atomic E-state index is 0.137. The van der Waals surface area contributed by atoms with Gasteiger partial charge >= 0.3 is 0 Å². The largest absolute Gasteiger partial charge is 0.507 e. The standard InChI is InChI=1S/C21H16N2O2S/c1-13-5-4-6-14(11-13)20(25)22-15-9-10-18(24)16(12-15)21-23-17-7-2-3-8-19(17)26-21/h2-12,24H,1H3,(H,22,25). The first-order chi connectivity index (χ1) is 12.6. The molecule has 3 aromatic carbocycles. The Morgan fingerprint density at radius 2 is 1.88 bits per heavy atom. The van der Waals surface area contributed by atoms with Crippen molar-refractivity contribution in [3.8, 4) is 16.3 Å². The Bertz CT molecular complexity index is 1080. The van der Waals surface area contributed by atoms with E-state index in [1.165, 1.54) is 11.3 Å². The maximum absolute atomic E-state index is 12.5. The van der Waals surface area contributed by atoms with Crippen molar-refractivity contribution >= 4 is 33.1 Å². The van der Waals surface area contributed by atoms with E-state index < -0.39 is 0 Å². The number of rotatable bonds is 3. The number of nitrogens with zero attached hydrogens (tertiary/aromatic N) is 1. The van der Waals surface area contributed by atoms with Crippen LogP contribution < -0.4 is 5.32 Å². The zero-order valence-electron chi connectivity index (χ0n) is 14.1. The predicted molar refractivity (Wildman–Crippen MR) is 106 cm³/mol. The molecule has 5 heteroatoms. The fourth-order valence-electron chi connectivity index (χ4n) is 2.76. The first kappa shape index (κ1) is 16.3. The van der Waals surface area contributed by atoms with Crippen LogP contribution in [0.5, 0.6) is 5.75 Å². The van der Waals surface area contributed by atoms with Crippen LogP contribution in [0, 0.1) is 6.92 Å². The van der Waals surface area contributed by atoms with Gasteiger partial charge in [0.25, 0.3) is 5.91 Å². The molecule has 0 atom stereocenters. The Labute approximate surface area is 154 Å². The number of thiazole rings is 1. The Balaban J connectivity index is 1.67. The van der Waals surface area contributed by atoms with Crippen LogP contribution >= 0.6 is 11.3 Å². The van der Waals surface area contributed by atoms with Gasteiger partial charge in [-0.25, -0.2) is 4.98 Å². The molecule has 0 unspecified atom stereocenters. The summed E-state index contributed by atoms with van der Waals surface area (Å²) in [7, 11) is 0. The van der Waals surface area contributed by atoms with Gasteiger partial charge in [-0.2, -0.15) is 0 Å². The molecule has 4 rings (SSSR count). The minimum atomic E-state index is -0.186. The summed E-state index contributed by atoms with van der Waals surface area (Å²) in [6.07, 6.45) is 0. The molecule has 0 saturated carbocycles. The minimum Gasteiger partial charge on any atom is -0.507 e. The number of hydrogen-bond donors (Lipinski definition) is 2. The fraction of sp³-hybridized carbons (Fsp3) is 0.0476. The number of aryl methyl sites for hydroxylation is 1. The van der Waals surface area contributed by atoms with Crippen molar-refractivity contribution in [1.82, 2.24) is 4.98 Å². The molecule has 2 N–H and O–H groups in total. The van der Waals surface area contributed by atoms with Crippen molar-refractivity contribution < 1.29 is 9.90 Å². The lowest BCUT2D eigenvalue weighted by Crippen LogP contribution is -2.11. The Kier molecular flexibility index (Phi) is 4.14. The number of fused-ring (bicyclic) bond motifs is 1. The normalized spacial score (nSPS) is 10.8. The highest BCUT2D eigenvalue weighted by atomic mass is 32.1. The monoisotopic (exact) mass is 360 g/mol. The van der Waals surface area contributed by atoms with Gasteiger partial charge in [-0.3, -0.25) is 4.79 Å². The number of phenols is 1. The van der Waals surface area contributed by atoms with Crippen molar-refractivity contribution in [1.29, 1.82) is 0 Å². The molecule has 0 spiro atoms. The van der Waals surface area contributed by atoms with Gasteiger partial charge in [0.2, 0.25) is 0 Å². The highest BCUT2D eigenvalue weighted by Crippen LogP contribution is 2.36. The van der Waals surface area contributed by atoms with Crippen LogP contribution in [0.3, 0.4) is 0 Å². The molecule has 128 valence electrons. The summed E-state index contributed by atoms with van der Waals surface area (Å²) in [5.41, 5.74) is 3.73. The van der Waals surface area contributed by atoms with E-state index in [-0.39, 0.29) is 11.7 Å². The van der Waals surface area contributed by atoms with Gasteiger partial charge in [-0.05, 0) is 49.4 Å². The number of carbonyl (C=O) groups excluding carboxylic acids is 1. The molecule has 26 heavy (non-hydrogen) atoms. The number of benzene rings is 3. The van der Waals surface area contributed by atoms with Crippen LogP contribution in [-0.4, -0.2) is 16.0 Å². The Hall–Kier alpha value is -3.18. The first-order valence-corrected chi connectivity index (χ1v) is 8.99. The molecular weight excluding hydrogens is 344 g/mol. The summed E-state index contributed by atoms with van der Waals surface area (Å²) in [6, 6.07) is 20.3. The number of amides is 1. The fourth-order valence-corrected chi connectivity index (χ4v) is 3.75. The third kappa shape index (κ3) is 3.17. The number of phenolic OH excluding ortho intramolecular Hbond substituents is 1. The van der Waals surface area contributed by atoms with Gasteiger partial charge in [0.15, 0.2) is 0 Å². The lowest BCUT2D eigenvalue weighted by atomic mass is 10.1. The first-order valence-electron chi connectivity index (χ1n) is 8.17. The van der Waals surface area contributed by atoms with Gasteiger partial charge in [0.1, 0.15) is 10.8 Å². The quantitative estimate of drug-likeness (QED) is 0.492. The predicted octanol–water partition coefficient (Wildman–Crippen LogP) is 5.23. The summed E-state index contributed by atoms with van der Waals surface area (Å²) >= 11 is 1.51. The highest BCUT2D eigenvalue weighted by Gasteiger charge is 2.13. The zero-order chi connectivity index (χ0) is 18.1. The average Bonchev–Trinajstić information content (AvgIpc) is 3.07. The third-order valence-electron chi connectivity index (χ3n) is 4.06. The second-order valence-corrected chi connectivity index (χ2v) is 7.07. The van der Waals surface area contributed by atoms with Crippen LogP contribution in [0.15, 0.2) is 66.7 Å². The highest BCUT2D eigenvalue weighted by molar-refractivity contribution is 7.21. The summed E-state index contributed by atoms with van der Waals surface area (Å²) in [6.45, 7) is 1.95. The van der Waals surface area contributed by atoms with E-state index in [0.717, 1.165) is 20.8 Å². The molecule has 4 nitrogen and oxygen atoms in total. The lowest BCUT2D eigenvalue weighted by Gasteiger charge is -2.08. The Morgan fingerprint density at radius 1 is 1.04 bits per heavy atom. The van der Waals surface area contributed by atoms with Crippen LogP contribution in [-0.2, 0) is 0 Å². The molecule has 1 heterocycles. The summed E-state index contributed by atoms with van der Waals surface area (Å²) in [5, 5.41) is 13.9. The molecule has 0 saturated heterocycles. The van der Waals surface area contributed by atoms with Crippen LogP contribution in [0.1, 0.15) is 15.9 Å². The van der Waals surface area contributed by atoms with Crippen molar-refractivity contribution in [2.75, 3.05) is 5.32 Å². The zero-order valence-corrected chi connectivity index (χ0v) is 14.9. The lowest BCUT2D eigenvalue weighted by molar-refractivity contribution is 0.102. The summed E-state index contributed by atoms with van der Waals surface area (Å²) in [4.78, 5) is 17.0. The van der Waals surface area contributed by atoms with Crippen molar-refractivity contribution in [2.24, 2.45) is 0 Å². The number of hydrogen-bond acceptors (Lipinski definition) is 4. The third-order valence-corrected chi connectivity index (χ3v) is 5.13. The number of aromatic hydroxyl groups is 1. The van der Waals surface area contributed by atoms with E-state index in [1.54, 1.807) is 24.3 Å². The number of para-hydroxylation sites is 1. The van der Waals surface area contributed by atoms with E-state index in [9.17, 15) is 9.90 Å². The van der Waals surface area contributed by atoms with Crippen LogP contribution in [0.2, 0.25) is 0 Å². The molecule has 1 amide bonds. The van der Waals surface area contributed by atoms with Crippen molar-refractivity contribution in [3.63, 3.8) is 0 Å². The SMILES string of the molecule is Cc1cccc(C(=O)Nc2ccc(O)c(-c3nc4ccccc4s3)c2)c1. The number of anilines is 1. The smallest absolute Gasteiger partial charge is 0.255 e. The molecule has 0 fully saturated rings. The Morgan fingerprint density at radius 3 is 2.69 bits per heavy atom. The molecule has 0 aliphatic carbocycles. The van der Waals surface area contributed by atoms with E-state index in [4.69, 9.17) is 0 Å². The summed E-state index contributed by atoms with van der Waals surface area (Å²) in [5.74, 6) is -0.0488. The van der Waals surface area contributed by atoms with E-state index >= 15 is 0 Å². The summed E-state index contributed by atoms with van der Waals surface area (Å²) < 4.78 is 1.05. The molecule has 0 radical (unpaired) electrons. The molecule has 0 aliphatic rings. The van der Waals surface area contributed by atoms with Gasteiger partial charge in [-0.1, -0.05) is 29.8 Å². The van der Waals surface area contributed by atoms with Gasteiger partial charge < -0.3 is 10.4 Å². The van der Waals surface area contributed by atoms with Gasteiger partial charge in [0.05, 0.1) is 15.8 Å². The van der Waals surface area contributed by atoms with Crippen LogP contribution in [0.25, 0.3) is 20.8 Å². The average molecular weight is 360 g/mol. The topological polar surface area (TPSA) is 62.2 Å². The number of nitrogens with one attached hydrogen (secondary N) is 1. The van der Waals surface area contributed by atoms with E-state index in [2.05, 4.69) is 10.3 Å². The van der Waals surface area contributed by atoms with E-state index in [0.29, 0.717) is 16.8 Å². The molecule has 1 aromatic heterocycles. The maximum atomic E-state index is 12.5. The molecule has 0 bridgehead atoms. The molecule has 0 aliphatic heterocycles. The van der Waals surface area contributed by atoms with Crippen LogP contribution in [0.4, 0.5) is 5.69 Å². The van der Waals surface area contributed by atoms with Gasteiger partial charge in [-0.15, -0.1) is 11.3 Å². The van der Waals surface area contributed by atoms with Crippen molar-refractivity contribution in [3.05, 3.63) is 77.9 Å². The van der Waals surface area contributed by atoms with Crippen molar-refractivity contribution in [2.45, 2.75) is 6.92 Å².